The van der Waals surface area contributed by atoms with E-state index in [9.17, 15) is 9.59 Å². The predicted molar refractivity (Wildman–Crippen MR) is 67.5 cm³/mol. The first-order valence-electron chi connectivity index (χ1n) is 5.84. The van der Waals surface area contributed by atoms with Crippen LogP contribution in [0.3, 0.4) is 0 Å². The Morgan fingerprint density at radius 1 is 1.28 bits per heavy atom. The van der Waals surface area contributed by atoms with Gasteiger partial charge in [0.1, 0.15) is 6.04 Å². The molecule has 5 nitrogen and oxygen atoms in total. The second-order valence-corrected chi connectivity index (χ2v) is 4.03. The van der Waals surface area contributed by atoms with Crippen molar-refractivity contribution in [3.63, 3.8) is 0 Å². The number of rotatable bonds is 6. The molecule has 0 aliphatic heterocycles. The molecule has 18 heavy (non-hydrogen) atoms. The first-order chi connectivity index (χ1) is 8.54. The number of hydrogen-bond acceptors (Lipinski definition) is 4. The zero-order valence-electron chi connectivity index (χ0n) is 10.3. The van der Waals surface area contributed by atoms with Gasteiger partial charge in [-0.2, -0.15) is 0 Å². The summed E-state index contributed by atoms with van der Waals surface area (Å²) in [6, 6.07) is 8.57. The van der Waals surface area contributed by atoms with Gasteiger partial charge in [0.25, 0.3) is 5.91 Å². The number of carbonyl (C=O) groups excluding carboxylic acids is 2. The van der Waals surface area contributed by atoms with Crippen molar-refractivity contribution in [1.82, 2.24) is 0 Å². The maximum Gasteiger partial charge on any atom is 0.324 e. The van der Waals surface area contributed by atoms with Crippen molar-refractivity contribution in [2.45, 2.75) is 31.9 Å². The highest BCUT2D eigenvalue weighted by atomic mass is 16.5. The summed E-state index contributed by atoms with van der Waals surface area (Å²) in [6.07, 6.45) is -0.187. The molecule has 0 fully saturated rings. The van der Waals surface area contributed by atoms with Gasteiger partial charge in [-0.15, -0.1) is 0 Å². The van der Waals surface area contributed by atoms with Crippen LogP contribution in [0.5, 0.6) is 0 Å². The van der Waals surface area contributed by atoms with E-state index in [-0.39, 0.29) is 0 Å². The lowest BCUT2D eigenvalue weighted by atomic mass is 10.1. The van der Waals surface area contributed by atoms with Crippen molar-refractivity contribution in [1.29, 1.82) is 0 Å². The van der Waals surface area contributed by atoms with Gasteiger partial charge in [-0.3, -0.25) is 9.59 Å². The highest BCUT2D eigenvalue weighted by Crippen LogP contribution is 2.05. The average molecular weight is 250 g/mol. The fraction of sp³-hybridized carbons (Fsp3) is 0.385. The largest absolute Gasteiger partial charge is 0.451 e. The fourth-order valence-corrected chi connectivity index (χ4v) is 1.52. The summed E-state index contributed by atoms with van der Waals surface area (Å²) >= 11 is 0. The average Bonchev–Trinajstić information content (AvgIpc) is 2.36. The molecule has 5 heteroatoms. The second-order valence-electron chi connectivity index (χ2n) is 4.03. The van der Waals surface area contributed by atoms with E-state index >= 15 is 0 Å². The zero-order valence-corrected chi connectivity index (χ0v) is 10.3. The summed E-state index contributed by atoms with van der Waals surface area (Å²) in [6.45, 7) is 1.71. The number of carbonyl (C=O) groups is 2. The molecule has 0 bridgehead atoms. The zero-order chi connectivity index (χ0) is 13.5. The molecule has 1 amide bonds. The SMILES string of the molecule is CCC(OC(=O)C(N)Cc1ccccc1)C(N)=O. The van der Waals surface area contributed by atoms with Crippen LogP contribution in [-0.2, 0) is 20.7 Å². The number of benzene rings is 1. The molecular formula is C13H18N2O3. The van der Waals surface area contributed by atoms with E-state index in [4.69, 9.17) is 16.2 Å². The van der Waals surface area contributed by atoms with E-state index in [2.05, 4.69) is 0 Å². The maximum absolute atomic E-state index is 11.7. The molecule has 0 spiro atoms. The smallest absolute Gasteiger partial charge is 0.324 e. The summed E-state index contributed by atoms with van der Waals surface area (Å²) in [5, 5.41) is 0. The molecule has 4 N–H and O–H groups in total. The Kier molecular flexibility index (Phi) is 5.32. The Balaban J connectivity index is 2.54. The van der Waals surface area contributed by atoms with Gasteiger partial charge in [0.05, 0.1) is 0 Å². The fourth-order valence-electron chi connectivity index (χ4n) is 1.52. The molecule has 2 atom stereocenters. The predicted octanol–water partition coefficient (Wildman–Crippen LogP) is 0.364. The molecule has 1 aromatic rings. The van der Waals surface area contributed by atoms with Gasteiger partial charge >= 0.3 is 5.97 Å². The van der Waals surface area contributed by atoms with Crippen molar-refractivity contribution >= 4 is 11.9 Å². The Morgan fingerprint density at radius 3 is 2.39 bits per heavy atom. The van der Waals surface area contributed by atoms with E-state index in [1.807, 2.05) is 30.3 Å². The first kappa shape index (κ1) is 14.2. The molecule has 1 aromatic carbocycles. The molecule has 0 aliphatic rings. The van der Waals surface area contributed by atoms with Crippen molar-refractivity contribution in [3.8, 4) is 0 Å². The molecule has 98 valence electrons. The number of esters is 1. The third kappa shape index (κ3) is 4.18. The van der Waals surface area contributed by atoms with Crippen molar-refractivity contribution < 1.29 is 14.3 Å². The summed E-state index contributed by atoms with van der Waals surface area (Å²) in [4.78, 5) is 22.6. The molecule has 0 radical (unpaired) electrons. The minimum absolute atomic E-state index is 0.346. The molecule has 0 aromatic heterocycles. The number of ether oxygens (including phenoxy) is 1. The number of hydrogen-bond donors (Lipinski definition) is 2. The Hall–Kier alpha value is -1.88. The van der Waals surface area contributed by atoms with E-state index in [1.165, 1.54) is 0 Å². The van der Waals surface area contributed by atoms with Crippen LogP contribution < -0.4 is 11.5 Å². The quantitative estimate of drug-likeness (QED) is 0.713. The van der Waals surface area contributed by atoms with Crippen LogP contribution in [0.2, 0.25) is 0 Å². The molecule has 0 heterocycles. The van der Waals surface area contributed by atoms with Gasteiger partial charge in [0.15, 0.2) is 6.10 Å². The lowest BCUT2D eigenvalue weighted by Gasteiger charge is -2.16. The summed E-state index contributed by atoms with van der Waals surface area (Å²) in [5.74, 6) is -1.26. The number of primary amides is 1. The van der Waals surface area contributed by atoms with Crippen LogP contribution in [0, 0.1) is 0 Å². The summed E-state index contributed by atoms with van der Waals surface area (Å²) in [7, 11) is 0. The number of nitrogens with two attached hydrogens (primary N) is 2. The van der Waals surface area contributed by atoms with Crippen LogP contribution >= 0.6 is 0 Å². The Labute approximate surface area is 106 Å². The van der Waals surface area contributed by atoms with E-state index in [1.54, 1.807) is 6.92 Å². The lowest BCUT2D eigenvalue weighted by molar-refractivity contribution is -0.156. The topological polar surface area (TPSA) is 95.4 Å². The van der Waals surface area contributed by atoms with Gasteiger partial charge in [0.2, 0.25) is 0 Å². The van der Waals surface area contributed by atoms with Crippen molar-refractivity contribution in [2.75, 3.05) is 0 Å². The highest BCUT2D eigenvalue weighted by Gasteiger charge is 2.22. The molecule has 2 unspecified atom stereocenters. The number of amides is 1. The standard InChI is InChI=1S/C13H18N2O3/c1-2-11(12(15)16)18-13(17)10(14)8-9-6-4-3-5-7-9/h3-7,10-11H,2,8,14H2,1H3,(H2,15,16). The minimum atomic E-state index is -0.903. The maximum atomic E-state index is 11.7. The van der Waals surface area contributed by atoms with E-state index in [0.29, 0.717) is 12.8 Å². The van der Waals surface area contributed by atoms with Crippen LogP contribution in [0.15, 0.2) is 30.3 Å². The van der Waals surface area contributed by atoms with Crippen LogP contribution in [0.4, 0.5) is 0 Å². The van der Waals surface area contributed by atoms with Crippen molar-refractivity contribution in [2.24, 2.45) is 11.5 Å². The Bertz CT molecular complexity index is 406. The molecule has 0 saturated carbocycles. The molecular weight excluding hydrogens is 232 g/mol. The van der Waals surface area contributed by atoms with Gasteiger partial charge < -0.3 is 16.2 Å². The summed E-state index contributed by atoms with van der Waals surface area (Å²) in [5.41, 5.74) is 11.8. The monoisotopic (exact) mass is 250 g/mol. The third-order valence-electron chi connectivity index (χ3n) is 2.55. The second kappa shape index (κ2) is 6.76. The Morgan fingerprint density at radius 2 is 1.89 bits per heavy atom. The van der Waals surface area contributed by atoms with Crippen LogP contribution in [-0.4, -0.2) is 24.0 Å². The van der Waals surface area contributed by atoms with Crippen molar-refractivity contribution in [3.05, 3.63) is 35.9 Å². The van der Waals surface area contributed by atoms with Gasteiger partial charge in [-0.25, -0.2) is 0 Å². The van der Waals surface area contributed by atoms with Gasteiger partial charge in [-0.05, 0) is 18.4 Å². The van der Waals surface area contributed by atoms with E-state index in [0.717, 1.165) is 5.56 Å². The van der Waals surface area contributed by atoms with Gasteiger partial charge in [-0.1, -0.05) is 37.3 Å². The lowest BCUT2D eigenvalue weighted by Crippen LogP contribution is -2.40. The normalized spacial score (nSPS) is 13.7. The minimum Gasteiger partial charge on any atom is -0.451 e. The van der Waals surface area contributed by atoms with Gasteiger partial charge in [0, 0.05) is 0 Å². The first-order valence-corrected chi connectivity index (χ1v) is 5.84. The summed E-state index contributed by atoms with van der Waals surface area (Å²) < 4.78 is 4.96. The molecule has 0 aliphatic carbocycles. The van der Waals surface area contributed by atoms with Crippen LogP contribution in [0.1, 0.15) is 18.9 Å². The molecule has 1 rings (SSSR count). The van der Waals surface area contributed by atoms with E-state index < -0.39 is 24.0 Å². The molecule has 0 saturated heterocycles. The van der Waals surface area contributed by atoms with Crippen LogP contribution in [0.25, 0.3) is 0 Å². The third-order valence-corrected chi connectivity index (χ3v) is 2.55. The highest BCUT2D eigenvalue weighted by molar-refractivity contribution is 5.83.